The monoisotopic (exact) mass is 414 g/mol. The van der Waals surface area contributed by atoms with Crippen LogP contribution in [0.1, 0.15) is 23.7 Å². The molecule has 3 aromatic rings. The Kier molecular flexibility index (Phi) is 5.54. The molecule has 2 aromatic carbocycles. The van der Waals surface area contributed by atoms with Gasteiger partial charge in [-0.15, -0.1) is 5.10 Å². The maximum Gasteiger partial charge on any atom is 0.238 e. The van der Waals surface area contributed by atoms with Crippen LogP contribution < -0.4 is 10.1 Å². The molecule has 1 atom stereocenters. The number of ether oxygens (including phenoxy) is 1. The number of rotatable bonds is 7. The van der Waals surface area contributed by atoms with Gasteiger partial charge in [0.2, 0.25) is 11.1 Å². The van der Waals surface area contributed by atoms with E-state index in [1.54, 1.807) is 25.3 Å². The zero-order valence-corrected chi connectivity index (χ0v) is 16.8. The molecular formula is C20H19ClN4O2S. The predicted octanol–water partition coefficient (Wildman–Crippen LogP) is 4.25. The number of halogens is 1. The van der Waals surface area contributed by atoms with Crippen molar-refractivity contribution in [1.82, 2.24) is 20.5 Å². The van der Waals surface area contributed by atoms with E-state index in [1.165, 1.54) is 11.8 Å². The molecule has 1 fully saturated rings. The second-order valence-electron chi connectivity index (χ2n) is 6.50. The van der Waals surface area contributed by atoms with Gasteiger partial charge in [-0.2, -0.15) is 0 Å². The summed E-state index contributed by atoms with van der Waals surface area (Å²) in [5.41, 5.74) is 1.63. The van der Waals surface area contributed by atoms with Gasteiger partial charge >= 0.3 is 0 Å². The Morgan fingerprint density at radius 2 is 2.07 bits per heavy atom. The van der Waals surface area contributed by atoms with Crippen LogP contribution in [-0.4, -0.2) is 34.2 Å². The highest BCUT2D eigenvalue weighted by Gasteiger charge is 2.30. The summed E-state index contributed by atoms with van der Waals surface area (Å²) in [7, 11) is 1.59. The van der Waals surface area contributed by atoms with Crippen molar-refractivity contribution < 1.29 is 9.53 Å². The average Bonchev–Trinajstić information content (AvgIpc) is 3.40. The first-order valence-corrected chi connectivity index (χ1v) is 10.2. The van der Waals surface area contributed by atoms with E-state index in [2.05, 4.69) is 20.5 Å². The van der Waals surface area contributed by atoms with Crippen molar-refractivity contribution in [2.75, 3.05) is 7.11 Å². The topological polar surface area (TPSA) is 79.9 Å². The Balaban J connectivity index is 1.60. The van der Waals surface area contributed by atoms with E-state index in [0.717, 1.165) is 18.4 Å². The normalized spacial score (nSPS) is 14.5. The maximum absolute atomic E-state index is 12.8. The van der Waals surface area contributed by atoms with Crippen LogP contribution in [0.4, 0.5) is 0 Å². The minimum Gasteiger partial charge on any atom is -0.496 e. The number of hydrogen-bond donors (Lipinski definition) is 2. The lowest BCUT2D eigenvalue weighted by Crippen LogP contribution is -2.29. The van der Waals surface area contributed by atoms with E-state index in [9.17, 15) is 4.79 Å². The molecule has 0 radical (unpaired) electrons. The van der Waals surface area contributed by atoms with Crippen molar-refractivity contribution in [2.45, 2.75) is 29.3 Å². The fourth-order valence-electron chi connectivity index (χ4n) is 2.80. The van der Waals surface area contributed by atoms with Crippen LogP contribution in [0.3, 0.4) is 0 Å². The Morgan fingerprint density at radius 3 is 2.79 bits per heavy atom. The standard InChI is InChI=1S/C20H19ClN4O2S/c1-27-16-10-7-13(21)11-15(16)18-23-20(25-24-18)28-17(12-5-3-2-4-6-12)19(26)22-14-8-9-14/h2-7,10-11,14,17H,8-9H2,1H3,(H,22,26)(H,23,24,25)/t17-/m0/s1. The van der Waals surface area contributed by atoms with Gasteiger partial charge in [-0.05, 0) is 36.6 Å². The van der Waals surface area contributed by atoms with Crippen LogP contribution in [0.15, 0.2) is 53.7 Å². The molecule has 1 heterocycles. The highest BCUT2D eigenvalue weighted by molar-refractivity contribution is 8.00. The molecule has 1 saturated carbocycles. The number of carbonyl (C=O) groups is 1. The molecule has 4 rings (SSSR count). The summed E-state index contributed by atoms with van der Waals surface area (Å²) in [6.45, 7) is 0. The van der Waals surface area contributed by atoms with Crippen molar-refractivity contribution in [2.24, 2.45) is 0 Å². The largest absolute Gasteiger partial charge is 0.496 e. The predicted molar refractivity (Wildman–Crippen MR) is 110 cm³/mol. The van der Waals surface area contributed by atoms with Crippen LogP contribution in [-0.2, 0) is 4.79 Å². The molecule has 0 spiro atoms. The van der Waals surface area contributed by atoms with E-state index in [4.69, 9.17) is 16.3 Å². The Morgan fingerprint density at radius 1 is 1.29 bits per heavy atom. The fraction of sp³-hybridized carbons (Fsp3) is 0.250. The second kappa shape index (κ2) is 8.24. The van der Waals surface area contributed by atoms with E-state index >= 15 is 0 Å². The van der Waals surface area contributed by atoms with Crippen molar-refractivity contribution in [3.05, 3.63) is 59.1 Å². The summed E-state index contributed by atoms with van der Waals surface area (Å²) in [5, 5.41) is 10.9. The number of amides is 1. The molecule has 6 nitrogen and oxygen atoms in total. The molecule has 1 aliphatic rings. The molecule has 0 bridgehead atoms. The molecule has 144 valence electrons. The van der Waals surface area contributed by atoms with Gasteiger partial charge in [0, 0.05) is 11.1 Å². The molecule has 8 heteroatoms. The van der Waals surface area contributed by atoms with Crippen LogP contribution in [0.25, 0.3) is 11.4 Å². The second-order valence-corrected chi connectivity index (χ2v) is 8.01. The lowest BCUT2D eigenvalue weighted by Gasteiger charge is -2.15. The van der Waals surface area contributed by atoms with Gasteiger partial charge in [-0.1, -0.05) is 53.7 Å². The minimum absolute atomic E-state index is 0.0228. The lowest BCUT2D eigenvalue weighted by molar-refractivity contribution is -0.120. The highest BCUT2D eigenvalue weighted by atomic mass is 35.5. The Labute approximate surface area is 172 Å². The highest BCUT2D eigenvalue weighted by Crippen LogP contribution is 2.36. The van der Waals surface area contributed by atoms with E-state index in [0.29, 0.717) is 27.3 Å². The zero-order chi connectivity index (χ0) is 19.5. The summed E-state index contributed by atoms with van der Waals surface area (Å²) < 4.78 is 5.39. The third-order valence-electron chi connectivity index (χ3n) is 4.37. The third kappa shape index (κ3) is 4.31. The van der Waals surface area contributed by atoms with Crippen molar-refractivity contribution in [1.29, 1.82) is 0 Å². The molecule has 28 heavy (non-hydrogen) atoms. The molecule has 0 aliphatic heterocycles. The number of hydrogen-bond acceptors (Lipinski definition) is 5. The number of aromatic amines is 1. The quantitative estimate of drug-likeness (QED) is 0.565. The van der Waals surface area contributed by atoms with Gasteiger partial charge < -0.3 is 10.1 Å². The molecule has 2 N–H and O–H groups in total. The first-order chi connectivity index (χ1) is 13.6. The van der Waals surface area contributed by atoms with Crippen LogP contribution in [0.5, 0.6) is 5.75 Å². The number of aromatic nitrogens is 3. The van der Waals surface area contributed by atoms with Crippen molar-refractivity contribution >= 4 is 29.3 Å². The molecule has 1 aromatic heterocycles. The number of methoxy groups -OCH3 is 1. The van der Waals surface area contributed by atoms with Gasteiger partial charge in [-0.3, -0.25) is 9.89 Å². The van der Waals surface area contributed by atoms with Gasteiger partial charge in [0.15, 0.2) is 5.82 Å². The van der Waals surface area contributed by atoms with Gasteiger partial charge in [0.1, 0.15) is 11.0 Å². The zero-order valence-electron chi connectivity index (χ0n) is 15.2. The number of carbonyl (C=O) groups excluding carboxylic acids is 1. The summed E-state index contributed by atoms with van der Waals surface area (Å²) in [5.74, 6) is 1.16. The SMILES string of the molecule is COc1ccc(Cl)cc1-c1nc(S[C@H](C(=O)NC2CC2)c2ccccc2)n[nH]1. The smallest absolute Gasteiger partial charge is 0.238 e. The number of thioether (sulfide) groups is 1. The number of nitrogens with one attached hydrogen (secondary N) is 2. The summed E-state index contributed by atoms with van der Waals surface area (Å²) in [6.07, 6.45) is 2.08. The summed E-state index contributed by atoms with van der Waals surface area (Å²) in [6, 6.07) is 15.3. The number of H-pyrrole nitrogens is 1. The minimum atomic E-state index is -0.424. The summed E-state index contributed by atoms with van der Waals surface area (Å²) in [4.78, 5) is 17.3. The fourth-order valence-corrected chi connectivity index (χ4v) is 3.89. The number of nitrogens with zero attached hydrogens (tertiary/aromatic N) is 2. The van der Waals surface area contributed by atoms with Crippen LogP contribution in [0, 0.1) is 0 Å². The van der Waals surface area contributed by atoms with Crippen LogP contribution >= 0.6 is 23.4 Å². The Hall–Kier alpha value is -2.51. The average molecular weight is 415 g/mol. The van der Waals surface area contributed by atoms with Crippen molar-refractivity contribution in [3.63, 3.8) is 0 Å². The van der Waals surface area contributed by atoms with Crippen LogP contribution in [0.2, 0.25) is 5.02 Å². The lowest BCUT2D eigenvalue weighted by atomic mass is 10.1. The summed E-state index contributed by atoms with van der Waals surface area (Å²) >= 11 is 7.43. The molecule has 0 saturated heterocycles. The third-order valence-corrected chi connectivity index (χ3v) is 5.72. The van der Waals surface area contributed by atoms with Crippen molar-refractivity contribution in [3.8, 4) is 17.1 Å². The molecule has 1 aliphatic carbocycles. The van der Waals surface area contributed by atoms with E-state index in [-0.39, 0.29) is 11.9 Å². The first kappa shape index (κ1) is 18.8. The first-order valence-electron chi connectivity index (χ1n) is 8.92. The van der Waals surface area contributed by atoms with Gasteiger partial charge in [-0.25, -0.2) is 4.98 Å². The van der Waals surface area contributed by atoms with E-state index in [1.807, 2.05) is 30.3 Å². The molecular weight excluding hydrogens is 396 g/mol. The van der Waals surface area contributed by atoms with E-state index < -0.39 is 5.25 Å². The Bertz CT molecular complexity index is 975. The van der Waals surface area contributed by atoms with Gasteiger partial charge in [0.25, 0.3) is 0 Å². The maximum atomic E-state index is 12.8. The van der Waals surface area contributed by atoms with Gasteiger partial charge in [0.05, 0.1) is 12.7 Å². The molecule has 0 unspecified atom stereocenters. The number of benzene rings is 2. The molecule has 1 amide bonds.